The molecule has 3 aromatic rings. The van der Waals surface area contributed by atoms with Gasteiger partial charge in [-0.15, -0.1) is 0 Å². The number of amides is 1. The third-order valence-electron chi connectivity index (χ3n) is 3.98. The number of pyridine rings is 1. The predicted molar refractivity (Wildman–Crippen MR) is 101 cm³/mol. The number of aryl methyl sites for hydroxylation is 1. The summed E-state index contributed by atoms with van der Waals surface area (Å²) < 4.78 is 5.91. The summed E-state index contributed by atoms with van der Waals surface area (Å²) >= 11 is 5.97. The number of hydrogen-bond acceptors (Lipinski definition) is 3. The van der Waals surface area contributed by atoms with Crippen LogP contribution in [0.5, 0.6) is 5.75 Å². The minimum absolute atomic E-state index is 0.187. The number of carbonyl (C=O) groups excluding carboxylic acids is 1. The van der Waals surface area contributed by atoms with Gasteiger partial charge in [-0.05, 0) is 49.2 Å². The van der Waals surface area contributed by atoms with Crippen molar-refractivity contribution in [2.45, 2.75) is 26.4 Å². The van der Waals surface area contributed by atoms with Gasteiger partial charge in [-0.1, -0.05) is 36.7 Å². The lowest BCUT2D eigenvalue weighted by molar-refractivity contribution is -0.122. The third kappa shape index (κ3) is 3.91. The second kappa shape index (κ2) is 7.53. The number of rotatable bonds is 5. The summed E-state index contributed by atoms with van der Waals surface area (Å²) in [6.07, 6.45) is 1.65. The van der Waals surface area contributed by atoms with Gasteiger partial charge in [0.25, 0.3) is 5.91 Å². The number of aromatic nitrogens is 1. The maximum Gasteiger partial charge on any atom is 0.265 e. The average molecular weight is 355 g/mol. The van der Waals surface area contributed by atoms with Crippen molar-refractivity contribution in [1.29, 1.82) is 0 Å². The topological polar surface area (TPSA) is 51.2 Å². The van der Waals surface area contributed by atoms with Crippen molar-refractivity contribution in [1.82, 2.24) is 4.98 Å². The van der Waals surface area contributed by atoms with Gasteiger partial charge >= 0.3 is 0 Å². The van der Waals surface area contributed by atoms with Crippen LogP contribution in [0.2, 0.25) is 5.02 Å². The minimum Gasteiger partial charge on any atom is -0.480 e. The van der Waals surface area contributed by atoms with Gasteiger partial charge in [-0.25, -0.2) is 0 Å². The summed E-state index contributed by atoms with van der Waals surface area (Å²) in [5.74, 6) is 0.471. The molecule has 2 aromatic carbocycles. The molecule has 0 saturated carbocycles. The molecule has 1 heterocycles. The highest BCUT2D eigenvalue weighted by Gasteiger charge is 2.20. The first-order chi connectivity index (χ1) is 12.1. The second-order valence-corrected chi connectivity index (χ2v) is 6.23. The first-order valence-corrected chi connectivity index (χ1v) is 8.53. The van der Waals surface area contributed by atoms with Crippen LogP contribution in [0, 0.1) is 6.92 Å². The number of para-hydroxylation sites is 1. The zero-order valence-corrected chi connectivity index (χ0v) is 14.9. The molecule has 1 amide bonds. The van der Waals surface area contributed by atoms with Crippen LogP contribution in [0.4, 0.5) is 5.69 Å². The van der Waals surface area contributed by atoms with Gasteiger partial charge in [0.05, 0.1) is 11.2 Å². The Morgan fingerprint density at radius 3 is 2.80 bits per heavy atom. The molecule has 3 rings (SSSR count). The van der Waals surface area contributed by atoms with E-state index in [1.165, 1.54) is 0 Å². The number of nitrogens with zero attached hydrogens (tertiary/aromatic N) is 1. The molecule has 0 aliphatic heterocycles. The van der Waals surface area contributed by atoms with Crippen LogP contribution in [-0.4, -0.2) is 17.0 Å². The summed E-state index contributed by atoms with van der Waals surface area (Å²) in [6, 6.07) is 14.8. The van der Waals surface area contributed by atoms with E-state index in [1.807, 2.05) is 44.2 Å². The Morgan fingerprint density at radius 1 is 1.24 bits per heavy atom. The van der Waals surface area contributed by atoms with Gasteiger partial charge in [0.1, 0.15) is 5.75 Å². The molecule has 0 radical (unpaired) electrons. The van der Waals surface area contributed by atoms with E-state index in [0.717, 1.165) is 22.2 Å². The summed E-state index contributed by atoms with van der Waals surface area (Å²) in [6.45, 7) is 3.82. The van der Waals surface area contributed by atoms with E-state index in [4.69, 9.17) is 16.3 Å². The van der Waals surface area contributed by atoms with Crippen LogP contribution in [0.1, 0.15) is 18.9 Å². The first-order valence-electron chi connectivity index (χ1n) is 8.16. The highest BCUT2D eigenvalue weighted by atomic mass is 35.5. The number of anilines is 1. The van der Waals surface area contributed by atoms with Gasteiger partial charge in [-0.3, -0.25) is 9.78 Å². The maximum atomic E-state index is 12.7. The molecule has 25 heavy (non-hydrogen) atoms. The highest BCUT2D eigenvalue weighted by molar-refractivity contribution is 6.30. The van der Waals surface area contributed by atoms with Gasteiger partial charge < -0.3 is 10.1 Å². The van der Waals surface area contributed by atoms with Gasteiger partial charge in [0.15, 0.2) is 6.10 Å². The van der Waals surface area contributed by atoms with Crippen LogP contribution in [0.3, 0.4) is 0 Å². The minimum atomic E-state index is -0.591. The SMILES string of the molecule is CCC(Oc1ccc(Cl)cc1C)C(=O)Nc1ccnc2ccccc12. The summed E-state index contributed by atoms with van der Waals surface area (Å²) in [4.78, 5) is 17.0. The first kappa shape index (κ1) is 17.2. The Kier molecular flexibility index (Phi) is 5.19. The van der Waals surface area contributed by atoms with Crippen molar-refractivity contribution in [2.24, 2.45) is 0 Å². The smallest absolute Gasteiger partial charge is 0.265 e. The van der Waals surface area contributed by atoms with Crippen molar-refractivity contribution in [2.75, 3.05) is 5.32 Å². The zero-order chi connectivity index (χ0) is 17.8. The molecule has 0 bridgehead atoms. The molecule has 1 aromatic heterocycles. The molecule has 1 atom stereocenters. The maximum absolute atomic E-state index is 12.7. The largest absolute Gasteiger partial charge is 0.480 e. The van der Waals surface area contributed by atoms with E-state index in [-0.39, 0.29) is 5.91 Å². The van der Waals surface area contributed by atoms with E-state index in [2.05, 4.69) is 10.3 Å². The standard InChI is InChI=1S/C20H19ClN2O2/c1-3-18(25-19-9-8-14(21)12-13(19)2)20(24)23-17-10-11-22-16-7-5-4-6-15(16)17/h4-12,18H,3H2,1-2H3,(H,22,23,24). The number of benzene rings is 2. The predicted octanol–water partition coefficient (Wildman–Crippen LogP) is 4.99. The molecule has 0 spiro atoms. The normalized spacial score (nSPS) is 12.0. The number of carbonyl (C=O) groups is 1. The highest BCUT2D eigenvalue weighted by Crippen LogP contribution is 2.25. The Morgan fingerprint density at radius 2 is 2.04 bits per heavy atom. The van der Waals surface area contributed by atoms with Crippen molar-refractivity contribution in [3.63, 3.8) is 0 Å². The van der Waals surface area contributed by atoms with Crippen LogP contribution >= 0.6 is 11.6 Å². The second-order valence-electron chi connectivity index (χ2n) is 5.79. The fourth-order valence-electron chi connectivity index (χ4n) is 2.64. The van der Waals surface area contributed by atoms with Crippen LogP contribution in [0.15, 0.2) is 54.7 Å². The number of hydrogen-bond donors (Lipinski definition) is 1. The lowest BCUT2D eigenvalue weighted by Gasteiger charge is -2.19. The van der Waals surface area contributed by atoms with Gasteiger partial charge in [0.2, 0.25) is 0 Å². The molecular formula is C20H19ClN2O2. The average Bonchev–Trinajstić information content (AvgIpc) is 2.61. The fraction of sp³-hybridized carbons (Fsp3) is 0.200. The van der Waals surface area contributed by atoms with E-state index in [1.54, 1.807) is 24.4 Å². The lowest BCUT2D eigenvalue weighted by Crippen LogP contribution is -2.32. The van der Waals surface area contributed by atoms with Crippen molar-refractivity contribution in [3.05, 3.63) is 65.3 Å². The fourth-order valence-corrected chi connectivity index (χ4v) is 2.87. The van der Waals surface area contributed by atoms with E-state index in [9.17, 15) is 4.79 Å². The number of nitrogens with one attached hydrogen (secondary N) is 1. The number of fused-ring (bicyclic) bond motifs is 1. The molecule has 128 valence electrons. The molecule has 5 heteroatoms. The molecule has 0 saturated heterocycles. The third-order valence-corrected chi connectivity index (χ3v) is 4.21. The Balaban J connectivity index is 1.80. The number of ether oxygens (including phenoxy) is 1. The summed E-state index contributed by atoms with van der Waals surface area (Å²) in [5.41, 5.74) is 2.46. The van der Waals surface area contributed by atoms with Crippen molar-refractivity contribution in [3.8, 4) is 5.75 Å². The molecule has 0 aliphatic rings. The summed E-state index contributed by atoms with van der Waals surface area (Å²) in [7, 11) is 0. The quantitative estimate of drug-likeness (QED) is 0.702. The van der Waals surface area contributed by atoms with Crippen molar-refractivity contribution >= 4 is 34.1 Å². The molecular weight excluding hydrogens is 336 g/mol. The van der Waals surface area contributed by atoms with Crippen LogP contribution in [0.25, 0.3) is 10.9 Å². The number of halogens is 1. The molecule has 0 fully saturated rings. The van der Waals surface area contributed by atoms with E-state index < -0.39 is 6.10 Å². The van der Waals surface area contributed by atoms with Crippen molar-refractivity contribution < 1.29 is 9.53 Å². The summed E-state index contributed by atoms with van der Waals surface area (Å²) in [5, 5.41) is 4.50. The molecule has 1 N–H and O–H groups in total. The van der Waals surface area contributed by atoms with E-state index >= 15 is 0 Å². The molecule has 0 aliphatic carbocycles. The van der Waals surface area contributed by atoms with Gasteiger partial charge in [0, 0.05) is 16.6 Å². The molecule has 4 nitrogen and oxygen atoms in total. The van der Waals surface area contributed by atoms with E-state index in [0.29, 0.717) is 17.2 Å². The Bertz CT molecular complexity index is 906. The lowest BCUT2D eigenvalue weighted by atomic mass is 10.1. The Labute approximate surface area is 151 Å². The van der Waals surface area contributed by atoms with Gasteiger partial charge in [-0.2, -0.15) is 0 Å². The monoisotopic (exact) mass is 354 g/mol. The van der Waals surface area contributed by atoms with Crippen LogP contribution < -0.4 is 10.1 Å². The molecule has 1 unspecified atom stereocenters. The Hall–Kier alpha value is -2.59. The van der Waals surface area contributed by atoms with Crippen LogP contribution in [-0.2, 0) is 4.79 Å². The zero-order valence-electron chi connectivity index (χ0n) is 14.1.